The topological polar surface area (TPSA) is 381 Å². The molecular formula is C57H96N8O16V. The normalized spacial score (nSPS) is 25.2. The zero-order valence-electron chi connectivity index (χ0n) is 50.4. The third-order valence-corrected chi connectivity index (χ3v) is 16.1. The van der Waals surface area contributed by atoms with E-state index in [1.165, 1.54) is 9.80 Å². The van der Waals surface area contributed by atoms with Crippen molar-refractivity contribution in [2.75, 3.05) is 13.1 Å². The van der Waals surface area contributed by atoms with Crippen LogP contribution in [0.25, 0.3) is 0 Å². The zero-order chi connectivity index (χ0) is 61.9. The summed E-state index contributed by atoms with van der Waals surface area (Å²) >= 11 is 0. The Labute approximate surface area is 495 Å². The summed E-state index contributed by atoms with van der Waals surface area (Å²) in [5, 5.41) is 18.1. The first kappa shape index (κ1) is 74.2. The van der Waals surface area contributed by atoms with Gasteiger partial charge in [0.05, 0.1) is 0 Å². The maximum absolute atomic E-state index is 12.1. The Morgan fingerprint density at radius 3 is 1.44 bits per heavy atom. The third-order valence-electron chi connectivity index (χ3n) is 16.1. The number of amides is 8. The van der Waals surface area contributed by atoms with Crippen molar-refractivity contribution >= 4 is 71.1 Å². The van der Waals surface area contributed by atoms with Crippen LogP contribution in [0.2, 0.25) is 0 Å². The van der Waals surface area contributed by atoms with E-state index in [0.717, 1.165) is 57.8 Å². The molecule has 5 saturated heterocycles. The van der Waals surface area contributed by atoms with E-state index in [-0.39, 0.29) is 72.5 Å². The van der Waals surface area contributed by atoms with E-state index >= 15 is 0 Å². The molecule has 6 fully saturated rings. The van der Waals surface area contributed by atoms with Gasteiger partial charge in [-0.05, 0) is 94.8 Å². The van der Waals surface area contributed by atoms with Crippen LogP contribution in [0.5, 0.6) is 0 Å². The Morgan fingerprint density at radius 2 is 1.01 bits per heavy atom. The van der Waals surface area contributed by atoms with Crippen molar-refractivity contribution < 1.29 is 95.8 Å². The predicted molar refractivity (Wildman–Crippen MR) is 297 cm³/mol. The van der Waals surface area contributed by atoms with Crippen molar-refractivity contribution in [1.82, 2.24) is 19.6 Å². The van der Waals surface area contributed by atoms with Crippen molar-refractivity contribution in [2.45, 2.75) is 240 Å². The molecular weight excluding hydrogens is 1100 g/mol. The number of hydrogen-bond donors (Lipinski definition) is 6. The van der Waals surface area contributed by atoms with Crippen LogP contribution in [-0.2, 0) is 85.6 Å². The smallest absolute Gasteiger partial charge is 0.327 e. The number of hydrogen-bond acceptors (Lipinski definition) is 14. The maximum Gasteiger partial charge on any atom is 0.327 e. The van der Waals surface area contributed by atoms with Crippen LogP contribution < -0.4 is 22.9 Å². The number of primary amides is 4. The number of carbonyl (C=O) groups is 12. The summed E-state index contributed by atoms with van der Waals surface area (Å²) in [6.07, 6.45) is 13.9. The number of carbonyl (C=O) groups excluding carboxylic acids is 10. The van der Waals surface area contributed by atoms with Crippen LogP contribution in [0.4, 0.5) is 0 Å². The van der Waals surface area contributed by atoms with Gasteiger partial charge in [0.2, 0.25) is 47.3 Å². The molecule has 6 rings (SSSR count). The number of nitrogens with two attached hydrogens (primary N) is 4. The minimum atomic E-state index is -1.12. The summed E-state index contributed by atoms with van der Waals surface area (Å²) in [4.78, 5) is 144. The SMILES string of the molecule is CCCC1CC(C(=O)O)C(=O)N1[C@@H](CC)C(N)=O.CCCC1CCC(=O)N1[C@@H](CC)C(N)=O.CCC[C@@H]1CC(=O)N([C@@H](CC)C(N)=O)C1.CCC[C@H]1CC12C(=O)OC(C)(C)OC2=O.CCC[C@H]1CN([C@@H](CC)C(N)=O)C(=O)C1C(=O)O.[V]. The second-order valence-corrected chi connectivity index (χ2v) is 22.5. The van der Waals surface area contributed by atoms with Crippen LogP contribution in [-0.4, -0.2) is 156 Å². The summed E-state index contributed by atoms with van der Waals surface area (Å²) in [5.74, 6) is -8.60. The molecule has 8 amide bonds. The zero-order valence-corrected chi connectivity index (χ0v) is 51.8. The minimum Gasteiger partial charge on any atom is -0.481 e. The van der Waals surface area contributed by atoms with Crippen LogP contribution in [0, 0.1) is 35.0 Å². The Balaban J connectivity index is 0.000000512. The molecule has 0 aromatic heterocycles. The van der Waals surface area contributed by atoms with Crippen molar-refractivity contribution in [3.63, 3.8) is 0 Å². The molecule has 1 saturated carbocycles. The summed E-state index contributed by atoms with van der Waals surface area (Å²) in [6, 6.07) is -2.17. The number of cyclic esters (lactones) is 2. The van der Waals surface area contributed by atoms with E-state index in [0.29, 0.717) is 76.8 Å². The summed E-state index contributed by atoms with van der Waals surface area (Å²) < 4.78 is 10.2. The molecule has 5 heterocycles. The molecule has 4 unspecified atom stereocenters. The van der Waals surface area contributed by atoms with Gasteiger partial charge in [-0.25, -0.2) is 0 Å². The van der Waals surface area contributed by atoms with E-state index in [1.54, 1.807) is 37.5 Å². The molecule has 11 atom stereocenters. The molecule has 5 aliphatic heterocycles. The van der Waals surface area contributed by atoms with Gasteiger partial charge in [0.15, 0.2) is 5.41 Å². The standard InChI is InChI=1S/2C12H20N2O4.2C11H20N2O2.C11H16O4.V/c1-3-5-7-6-8(12(17)18)11(16)14(7)9(4-2)10(13)15;1-3-5-7-6-14(8(4-2)10(13)15)11(16)9(7)12(17)18;1-3-5-8-6-10(14)13(7-8)9(4-2)11(12)15;1-3-5-8-6-7-10(14)13(8)9(4-2)11(12)15;1-4-5-7-6-11(7)8(12)14-10(2,3)15-9(11)13;/h2*7-9H,3-6H2,1-2H3,(H2,13,15)(H,17,18);2*8-9H,3-7H2,1-2H3,(H2,12,15);7H,4-6H2,1-3H3;/t7?,8?,9-;7-,8-,9?;8-,9+;8?,9-;7-;/m00100./s1. The largest absolute Gasteiger partial charge is 0.481 e. The summed E-state index contributed by atoms with van der Waals surface area (Å²) in [5.41, 5.74) is 20.2. The molecule has 0 aromatic carbocycles. The molecule has 0 aromatic rings. The summed E-state index contributed by atoms with van der Waals surface area (Å²) in [7, 11) is 0. The average Bonchev–Trinajstić information content (AvgIpc) is 2.45. The van der Waals surface area contributed by atoms with Gasteiger partial charge in [-0.3, -0.25) is 57.5 Å². The third kappa shape index (κ3) is 18.9. The van der Waals surface area contributed by atoms with Crippen LogP contribution in [0.15, 0.2) is 0 Å². The van der Waals surface area contributed by atoms with E-state index in [2.05, 4.69) is 13.8 Å². The first-order chi connectivity index (χ1) is 38.0. The van der Waals surface area contributed by atoms with Gasteiger partial charge in [-0.1, -0.05) is 94.4 Å². The first-order valence-corrected chi connectivity index (χ1v) is 29.3. The predicted octanol–water partition coefficient (Wildman–Crippen LogP) is 4.13. The molecule has 25 heteroatoms. The van der Waals surface area contributed by atoms with Crippen LogP contribution in [0.1, 0.15) is 198 Å². The maximum atomic E-state index is 12.1. The number of carboxylic acid groups (broad SMARTS) is 2. The second-order valence-electron chi connectivity index (χ2n) is 22.5. The fourth-order valence-corrected chi connectivity index (χ4v) is 12.1. The molecule has 82 heavy (non-hydrogen) atoms. The van der Waals surface area contributed by atoms with Gasteiger partial charge >= 0.3 is 23.9 Å². The minimum absolute atomic E-state index is 0. The fourth-order valence-electron chi connectivity index (χ4n) is 12.1. The monoisotopic (exact) mass is 1200 g/mol. The second kappa shape index (κ2) is 34.1. The van der Waals surface area contributed by atoms with Crippen molar-refractivity contribution in [2.24, 2.45) is 57.9 Å². The molecule has 1 spiro atoms. The Bertz CT molecular complexity index is 2230. The van der Waals surface area contributed by atoms with Crippen molar-refractivity contribution in [3.8, 4) is 0 Å². The average molecular weight is 1200 g/mol. The van der Waals surface area contributed by atoms with E-state index in [4.69, 9.17) is 42.6 Å². The first-order valence-electron chi connectivity index (χ1n) is 29.3. The number of ether oxygens (including phenoxy) is 2. The van der Waals surface area contributed by atoms with Gasteiger partial charge in [0.25, 0.3) is 5.79 Å². The van der Waals surface area contributed by atoms with Gasteiger partial charge in [0.1, 0.15) is 36.0 Å². The molecule has 1 radical (unpaired) electrons. The van der Waals surface area contributed by atoms with E-state index in [1.807, 2.05) is 34.6 Å². The molecule has 6 aliphatic rings. The number of esters is 2. The molecule has 1 aliphatic carbocycles. The van der Waals surface area contributed by atoms with Crippen LogP contribution in [0.3, 0.4) is 0 Å². The number of carboxylic acids is 2. The van der Waals surface area contributed by atoms with Gasteiger partial charge in [-0.2, -0.15) is 0 Å². The molecule has 10 N–H and O–H groups in total. The van der Waals surface area contributed by atoms with Crippen LogP contribution >= 0.6 is 0 Å². The quantitative estimate of drug-likeness (QED) is 0.0584. The van der Waals surface area contributed by atoms with Gasteiger partial charge < -0.3 is 62.2 Å². The molecule has 465 valence electrons. The number of aliphatic carboxylic acids is 2. The Hall–Kier alpha value is -5.78. The van der Waals surface area contributed by atoms with Crippen molar-refractivity contribution in [3.05, 3.63) is 0 Å². The Kier molecular flexibility index (Phi) is 30.9. The van der Waals surface area contributed by atoms with E-state index < -0.39 is 94.7 Å². The van der Waals surface area contributed by atoms with Crippen molar-refractivity contribution in [1.29, 1.82) is 0 Å². The fraction of sp³-hybridized carbons (Fsp3) is 0.789. The van der Waals surface area contributed by atoms with Gasteiger partial charge in [-0.15, -0.1) is 0 Å². The number of rotatable bonds is 24. The van der Waals surface area contributed by atoms with E-state index in [9.17, 15) is 57.5 Å². The molecule has 24 nitrogen and oxygen atoms in total. The molecule has 0 bridgehead atoms. The number of nitrogens with zero attached hydrogens (tertiary/aromatic N) is 4. The summed E-state index contributed by atoms with van der Waals surface area (Å²) in [6.45, 7) is 21.6. The number of likely N-dealkylation sites (tertiary alicyclic amines) is 4. The Morgan fingerprint density at radius 1 is 0.561 bits per heavy atom. The van der Waals surface area contributed by atoms with Gasteiger partial charge in [0, 0.05) is 70.4 Å².